The molecule has 5 rings (SSSR count). The summed E-state index contributed by atoms with van der Waals surface area (Å²) in [5, 5.41) is 4.27. The minimum absolute atomic E-state index is 0.0670. The van der Waals surface area contributed by atoms with Gasteiger partial charge in [-0.2, -0.15) is 0 Å². The van der Waals surface area contributed by atoms with E-state index < -0.39 is 0 Å². The van der Waals surface area contributed by atoms with Crippen LogP contribution in [0.2, 0.25) is 0 Å². The summed E-state index contributed by atoms with van der Waals surface area (Å²) in [6.45, 7) is 3.10. The van der Waals surface area contributed by atoms with Gasteiger partial charge in [-0.15, -0.1) is 0 Å². The Morgan fingerprint density at radius 2 is 1.93 bits per heavy atom. The molecule has 0 bridgehead atoms. The second kappa shape index (κ2) is 8.44. The number of aromatic nitrogens is 3. The molecule has 4 heterocycles. The quantitative estimate of drug-likeness (QED) is 0.707. The molecule has 2 aliphatic heterocycles. The van der Waals surface area contributed by atoms with Crippen molar-refractivity contribution in [2.24, 2.45) is 5.92 Å². The maximum atomic E-state index is 12.5. The van der Waals surface area contributed by atoms with Gasteiger partial charge in [0.25, 0.3) is 0 Å². The molecule has 3 aromatic rings. The number of carbonyl (C=O) groups excluding carboxylic acids is 1. The Hall–Kier alpha value is -2.93. The fourth-order valence-corrected chi connectivity index (χ4v) is 4.46. The molecule has 30 heavy (non-hydrogen) atoms. The van der Waals surface area contributed by atoms with Gasteiger partial charge in [0.1, 0.15) is 18.0 Å². The molecule has 0 saturated carbocycles. The second-order valence-electron chi connectivity index (χ2n) is 8.12. The Morgan fingerprint density at radius 3 is 2.77 bits per heavy atom. The van der Waals surface area contributed by atoms with E-state index in [0.717, 1.165) is 62.5 Å². The Bertz CT molecular complexity index is 1020. The first-order chi connectivity index (χ1) is 14.8. The van der Waals surface area contributed by atoms with Crippen LogP contribution in [0.25, 0.3) is 16.7 Å². The number of carbonyl (C=O) groups is 1. The smallest absolute Gasteiger partial charge is 0.223 e. The fraction of sp³-hybridized carbons (Fsp3) is 0.435. The molecule has 0 spiro atoms. The summed E-state index contributed by atoms with van der Waals surface area (Å²) < 4.78 is 7.68. The van der Waals surface area contributed by atoms with Crippen molar-refractivity contribution >= 4 is 22.6 Å². The van der Waals surface area contributed by atoms with Crippen LogP contribution in [0, 0.1) is 5.92 Å². The summed E-state index contributed by atoms with van der Waals surface area (Å²) in [6.07, 6.45) is 7.68. The molecule has 2 aromatic heterocycles. The molecule has 7 heteroatoms. The van der Waals surface area contributed by atoms with Crippen LogP contribution < -0.4 is 10.2 Å². The Labute approximate surface area is 176 Å². The minimum atomic E-state index is 0.0670. The molecule has 1 atom stereocenters. The zero-order valence-electron chi connectivity index (χ0n) is 17.0. The highest BCUT2D eigenvalue weighted by Crippen LogP contribution is 2.25. The number of amides is 1. The normalized spacial score (nSPS) is 20.0. The van der Waals surface area contributed by atoms with E-state index in [0.29, 0.717) is 6.54 Å². The first-order valence-electron chi connectivity index (χ1n) is 10.8. The van der Waals surface area contributed by atoms with Crippen molar-refractivity contribution in [3.63, 3.8) is 0 Å². The third-order valence-corrected chi connectivity index (χ3v) is 6.20. The summed E-state index contributed by atoms with van der Waals surface area (Å²) in [4.78, 5) is 23.7. The van der Waals surface area contributed by atoms with Crippen molar-refractivity contribution in [1.82, 2.24) is 19.9 Å². The van der Waals surface area contributed by atoms with Crippen molar-refractivity contribution < 1.29 is 9.53 Å². The van der Waals surface area contributed by atoms with Gasteiger partial charge >= 0.3 is 0 Å². The number of fused-ring (bicyclic) bond motifs is 1. The number of piperidine rings is 1. The zero-order valence-corrected chi connectivity index (χ0v) is 17.0. The highest BCUT2D eigenvalue weighted by molar-refractivity contribution is 5.81. The summed E-state index contributed by atoms with van der Waals surface area (Å²) in [5.74, 6) is 2.00. The minimum Gasteiger partial charge on any atom is -0.376 e. The zero-order chi connectivity index (χ0) is 20.3. The van der Waals surface area contributed by atoms with Crippen molar-refractivity contribution in [3.05, 3.63) is 48.9 Å². The summed E-state index contributed by atoms with van der Waals surface area (Å²) >= 11 is 0. The number of nitrogens with one attached hydrogen (secondary N) is 1. The third-order valence-electron chi connectivity index (χ3n) is 6.20. The average Bonchev–Trinajstić information content (AvgIpc) is 3.48. The van der Waals surface area contributed by atoms with Crippen molar-refractivity contribution in [1.29, 1.82) is 0 Å². The molecule has 2 aliphatic rings. The molecule has 156 valence electrons. The largest absolute Gasteiger partial charge is 0.376 e. The number of anilines is 1. The lowest BCUT2D eigenvalue weighted by molar-refractivity contribution is -0.126. The molecular weight excluding hydrogens is 378 g/mol. The maximum absolute atomic E-state index is 12.5. The molecule has 2 fully saturated rings. The molecule has 1 aromatic carbocycles. The van der Waals surface area contributed by atoms with E-state index >= 15 is 0 Å². The van der Waals surface area contributed by atoms with E-state index in [4.69, 9.17) is 4.74 Å². The van der Waals surface area contributed by atoms with Crippen LogP contribution in [0.1, 0.15) is 25.7 Å². The monoisotopic (exact) mass is 405 g/mol. The summed E-state index contributed by atoms with van der Waals surface area (Å²) in [7, 11) is 0. The second-order valence-corrected chi connectivity index (χ2v) is 8.12. The van der Waals surface area contributed by atoms with Gasteiger partial charge < -0.3 is 19.5 Å². The van der Waals surface area contributed by atoms with Crippen LogP contribution >= 0.6 is 0 Å². The molecule has 1 amide bonds. The van der Waals surface area contributed by atoms with E-state index in [9.17, 15) is 4.79 Å². The van der Waals surface area contributed by atoms with Crippen LogP contribution in [0.15, 0.2) is 48.9 Å². The topological polar surface area (TPSA) is 72.3 Å². The Kier molecular flexibility index (Phi) is 5.36. The standard InChI is InChI=1S/C23H27N5O2/c29-23(24-15-19-5-3-13-30-19)18-7-10-27(11-8-18)21-14-22(26-16-25-21)28-12-9-17-4-1-2-6-20(17)28/h1-2,4,6,9,12,14,16,18-19H,3,5,7-8,10-11,13,15H2,(H,24,29). The van der Waals surface area contributed by atoms with Gasteiger partial charge in [-0.25, -0.2) is 9.97 Å². The third kappa shape index (κ3) is 3.89. The summed E-state index contributed by atoms with van der Waals surface area (Å²) in [6, 6.07) is 12.4. The van der Waals surface area contributed by atoms with Gasteiger partial charge in [-0.1, -0.05) is 18.2 Å². The van der Waals surface area contributed by atoms with Crippen LogP contribution in [-0.4, -0.2) is 52.8 Å². The van der Waals surface area contributed by atoms with Gasteiger partial charge in [0.2, 0.25) is 5.91 Å². The predicted octanol–water partition coefficient (Wildman–Crippen LogP) is 2.93. The summed E-state index contributed by atoms with van der Waals surface area (Å²) in [5.41, 5.74) is 1.13. The van der Waals surface area contributed by atoms with E-state index in [-0.39, 0.29) is 17.9 Å². The number of para-hydroxylation sites is 1. The molecule has 0 aliphatic carbocycles. The number of ether oxygens (including phenoxy) is 1. The van der Waals surface area contributed by atoms with Crippen LogP contribution in [0.5, 0.6) is 0 Å². The molecular formula is C23H27N5O2. The van der Waals surface area contributed by atoms with E-state index in [1.165, 1.54) is 5.39 Å². The number of nitrogens with zero attached hydrogens (tertiary/aromatic N) is 4. The lowest BCUT2D eigenvalue weighted by atomic mass is 9.96. The van der Waals surface area contributed by atoms with Gasteiger partial charge in [-0.3, -0.25) is 4.79 Å². The van der Waals surface area contributed by atoms with Crippen LogP contribution in [0.4, 0.5) is 5.82 Å². The SMILES string of the molecule is O=C(NCC1CCCO1)C1CCN(c2cc(-n3ccc4ccccc43)ncn2)CC1. The number of rotatable bonds is 5. The Balaban J connectivity index is 1.22. The lowest BCUT2D eigenvalue weighted by Gasteiger charge is -2.32. The molecule has 0 radical (unpaired) electrons. The molecule has 2 saturated heterocycles. The Morgan fingerprint density at radius 1 is 1.10 bits per heavy atom. The van der Waals surface area contributed by atoms with E-state index in [1.54, 1.807) is 6.33 Å². The first-order valence-corrected chi connectivity index (χ1v) is 10.8. The fourth-order valence-electron chi connectivity index (χ4n) is 4.46. The van der Waals surface area contributed by atoms with Gasteiger partial charge in [-0.05, 0) is 43.2 Å². The van der Waals surface area contributed by atoms with E-state index in [1.807, 2.05) is 24.4 Å². The van der Waals surface area contributed by atoms with Crippen LogP contribution in [0.3, 0.4) is 0 Å². The van der Waals surface area contributed by atoms with Gasteiger partial charge in [0.05, 0.1) is 11.6 Å². The average molecular weight is 406 g/mol. The number of benzene rings is 1. The highest BCUT2D eigenvalue weighted by Gasteiger charge is 2.27. The van der Waals surface area contributed by atoms with Crippen molar-refractivity contribution in [2.75, 3.05) is 31.1 Å². The molecule has 1 unspecified atom stereocenters. The van der Waals surface area contributed by atoms with Crippen molar-refractivity contribution in [2.45, 2.75) is 31.8 Å². The van der Waals surface area contributed by atoms with Crippen LogP contribution in [-0.2, 0) is 9.53 Å². The van der Waals surface area contributed by atoms with E-state index in [2.05, 4.69) is 43.0 Å². The molecule has 7 nitrogen and oxygen atoms in total. The lowest BCUT2D eigenvalue weighted by Crippen LogP contribution is -2.42. The maximum Gasteiger partial charge on any atom is 0.223 e. The predicted molar refractivity (Wildman–Crippen MR) is 116 cm³/mol. The van der Waals surface area contributed by atoms with Crippen molar-refractivity contribution in [3.8, 4) is 5.82 Å². The van der Waals surface area contributed by atoms with Gasteiger partial charge in [0, 0.05) is 44.4 Å². The van der Waals surface area contributed by atoms with Gasteiger partial charge in [0.15, 0.2) is 0 Å². The number of hydrogen-bond donors (Lipinski definition) is 1. The molecule has 1 N–H and O–H groups in total. The number of hydrogen-bond acceptors (Lipinski definition) is 5. The first kappa shape index (κ1) is 19.1. The highest BCUT2D eigenvalue weighted by atomic mass is 16.5.